The maximum atomic E-state index is 12.1. The molecule has 0 aromatic rings. The van der Waals surface area contributed by atoms with E-state index in [9.17, 15) is 19.2 Å². The van der Waals surface area contributed by atoms with Gasteiger partial charge in [0.1, 0.15) is 17.7 Å². The first-order chi connectivity index (χ1) is 9.51. The Kier molecular flexibility index (Phi) is 4.93. The monoisotopic (exact) mass is 300 g/mol. The van der Waals surface area contributed by atoms with Crippen LogP contribution in [0.2, 0.25) is 0 Å². The van der Waals surface area contributed by atoms with Gasteiger partial charge < -0.3 is 20.1 Å². The van der Waals surface area contributed by atoms with Gasteiger partial charge in [0.05, 0.1) is 6.54 Å². The van der Waals surface area contributed by atoms with Crippen molar-refractivity contribution in [1.29, 1.82) is 0 Å². The van der Waals surface area contributed by atoms with Gasteiger partial charge in [-0.05, 0) is 27.7 Å². The average molecular weight is 300 g/mol. The number of nitrogens with zero attached hydrogens (tertiary/aromatic N) is 1. The molecule has 2 atom stereocenters. The van der Waals surface area contributed by atoms with E-state index in [-0.39, 0.29) is 18.7 Å². The second-order valence-electron chi connectivity index (χ2n) is 5.93. The van der Waals surface area contributed by atoms with Crippen LogP contribution in [0.3, 0.4) is 0 Å². The summed E-state index contributed by atoms with van der Waals surface area (Å²) in [5.74, 6) is -2.18. The Bertz CT molecular complexity index is 468. The third-order valence-electron chi connectivity index (χ3n) is 2.82. The SMILES string of the molecule is C[C@H](NC(=O)OC(C)(C)C)C(=O)N1CC(=O)C[C@H]1C(=O)O. The van der Waals surface area contributed by atoms with Crippen molar-refractivity contribution < 1.29 is 29.0 Å². The molecule has 0 aromatic carbocycles. The summed E-state index contributed by atoms with van der Waals surface area (Å²) in [6, 6.07) is -2.15. The summed E-state index contributed by atoms with van der Waals surface area (Å²) in [7, 11) is 0. The molecule has 1 rings (SSSR count). The van der Waals surface area contributed by atoms with Gasteiger partial charge in [-0.25, -0.2) is 9.59 Å². The topological polar surface area (TPSA) is 113 Å². The number of ketones is 1. The van der Waals surface area contributed by atoms with E-state index in [1.165, 1.54) is 6.92 Å². The normalized spacial score (nSPS) is 20.1. The summed E-state index contributed by atoms with van der Waals surface area (Å²) in [6.45, 7) is 6.19. The molecule has 0 aliphatic carbocycles. The Balaban J connectivity index is 2.67. The van der Waals surface area contributed by atoms with E-state index in [1.54, 1.807) is 20.8 Å². The lowest BCUT2D eigenvalue weighted by Gasteiger charge is -2.26. The van der Waals surface area contributed by atoms with Crippen molar-refractivity contribution in [2.24, 2.45) is 0 Å². The number of Topliss-reactive ketones (excluding diaryl/α,β-unsaturated/α-hetero) is 1. The van der Waals surface area contributed by atoms with Gasteiger partial charge in [0.15, 0.2) is 5.78 Å². The van der Waals surface area contributed by atoms with Gasteiger partial charge >= 0.3 is 12.1 Å². The molecule has 0 saturated carbocycles. The number of rotatable bonds is 3. The van der Waals surface area contributed by atoms with Crippen LogP contribution in [0.5, 0.6) is 0 Å². The molecule has 118 valence electrons. The molecule has 21 heavy (non-hydrogen) atoms. The number of carbonyl (C=O) groups is 4. The molecule has 0 unspecified atom stereocenters. The molecule has 1 fully saturated rings. The second kappa shape index (κ2) is 6.11. The van der Waals surface area contributed by atoms with Gasteiger partial charge in [0.2, 0.25) is 5.91 Å². The van der Waals surface area contributed by atoms with Crippen LogP contribution < -0.4 is 5.32 Å². The van der Waals surface area contributed by atoms with E-state index in [0.29, 0.717) is 0 Å². The van der Waals surface area contributed by atoms with Gasteiger partial charge in [-0.2, -0.15) is 0 Å². The van der Waals surface area contributed by atoms with Gasteiger partial charge in [-0.1, -0.05) is 0 Å². The number of alkyl carbamates (subject to hydrolysis) is 1. The van der Waals surface area contributed by atoms with E-state index in [4.69, 9.17) is 9.84 Å². The standard InChI is InChI=1S/C13H20N2O6/c1-7(14-12(20)21-13(2,3)4)10(17)15-6-8(16)5-9(15)11(18)19/h7,9H,5-6H2,1-4H3,(H,14,20)(H,18,19)/t7-,9-/m0/s1. The van der Waals surface area contributed by atoms with E-state index in [2.05, 4.69) is 5.32 Å². The first kappa shape index (κ1) is 16.9. The zero-order chi connectivity index (χ0) is 16.4. The van der Waals surface area contributed by atoms with Gasteiger partial charge in [-0.3, -0.25) is 9.59 Å². The van der Waals surface area contributed by atoms with Crippen LogP contribution in [-0.4, -0.2) is 58.0 Å². The van der Waals surface area contributed by atoms with E-state index >= 15 is 0 Å². The van der Waals surface area contributed by atoms with Crippen molar-refractivity contribution >= 4 is 23.8 Å². The van der Waals surface area contributed by atoms with Crippen LogP contribution in [0, 0.1) is 0 Å². The first-order valence-electron chi connectivity index (χ1n) is 6.56. The van der Waals surface area contributed by atoms with Crippen molar-refractivity contribution in [3.63, 3.8) is 0 Å². The summed E-state index contributed by atoms with van der Waals surface area (Å²) >= 11 is 0. The number of carboxylic acids is 1. The van der Waals surface area contributed by atoms with E-state index in [0.717, 1.165) is 4.90 Å². The molecule has 0 spiro atoms. The number of hydrogen-bond donors (Lipinski definition) is 2. The molecule has 0 radical (unpaired) electrons. The maximum absolute atomic E-state index is 12.1. The van der Waals surface area contributed by atoms with Crippen molar-refractivity contribution in [3.05, 3.63) is 0 Å². The number of aliphatic carboxylic acids is 1. The third-order valence-corrected chi connectivity index (χ3v) is 2.82. The van der Waals surface area contributed by atoms with E-state index in [1.807, 2.05) is 0 Å². The number of ether oxygens (including phenoxy) is 1. The number of carbonyl (C=O) groups excluding carboxylic acids is 3. The smallest absolute Gasteiger partial charge is 0.408 e. The number of carboxylic acid groups (broad SMARTS) is 1. The minimum atomic E-state index is -1.24. The highest BCUT2D eigenvalue weighted by Gasteiger charge is 2.40. The molecule has 0 aromatic heterocycles. The molecule has 2 N–H and O–H groups in total. The molecule has 1 aliphatic rings. The Morgan fingerprint density at radius 2 is 1.95 bits per heavy atom. The zero-order valence-corrected chi connectivity index (χ0v) is 12.5. The lowest BCUT2D eigenvalue weighted by Crippen LogP contribution is -2.51. The second-order valence-corrected chi connectivity index (χ2v) is 5.93. The highest BCUT2D eigenvalue weighted by Crippen LogP contribution is 2.16. The summed E-state index contributed by atoms with van der Waals surface area (Å²) < 4.78 is 5.01. The van der Waals surface area contributed by atoms with Crippen LogP contribution in [0.15, 0.2) is 0 Å². The number of hydrogen-bond acceptors (Lipinski definition) is 5. The fourth-order valence-electron chi connectivity index (χ4n) is 1.94. The van der Waals surface area contributed by atoms with Crippen LogP contribution in [0.4, 0.5) is 4.79 Å². The predicted octanol–water partition coefficient (Wildman–Crippen LogP) is 0.154. The average Bonchev–Trinajstić information content (AvgIpc) is 2.67. The molecule has 1 saturated heterocycles. The zero-order valence-electron chi connectivity index (χ0n) is 12.5. The minimum absolute atomic E-state index is 0.208. The summed E-state index contributed by atoms with van der Waals surface area (Å²) in [4.78, 5) is 47.1. The van der Waals surface area contributed by atoms with Crippen molar-refractivity contribution in [3.8, 4) is 0 Å². The third kappa shape index (κ3) is 4.73. The molecular weight excluding hydrogens is 280 g/mol. The number of nitrogens with one attached hydrogen (secondary N) is 1. The van der Waals surface area contributed by atoms with Gasteiger partial charge in [0, 0.05) is 6.42 Å². The molecular formula is C13H20N2O6. The van der Waals surface area contributed by atoms with Crippen molar-refractivity contribution in [1.82, 2.24) is 10.2 Å². The largest absolute Gasteiger partial charge is 0.480 e. The highest BCUT2D eigenvalue weighted by molar-refractivity contribution is 5.98. The quantitative estimate of drug-likeness (QED) is 0.767. The fourth-order valence-corrected chi connectivity index (χ4v) is 1.94. The molecule has 8 heteroatoms. The van der Waals surface area contributed by atoms with E-state index < -0.39 is 35.7 Å². The van der Waals surface area contributed by atoms with Crippen molar-refractivity contribution in [2.75, 3.05) is 6.54 Å². The lowest BCUT2D eigenvalue weighted by atomic mass is 10.2. The summed E-state index contributed by atoms with van der Waals surface area (Å²) in [5.41, 5.74) is -0.708. The summed E-state index contributed by atoms with van der Waals surface area (Å²) in [6.07, 6.45) is -0.985. The lowest BCUT2D eigenvalue weighted by molar-refractivity contribution is -0.148. The Morgan fingerprint density at radius 1 is 1.38 bits per heavy atom. The molecule has 8 nitrogen and oxygen atoms in total. The van der Waals surface area contributed by atoms with Gasteiger partial charge in [-0.15, -0.1) is 0 Å². The molecule has 2 amide bonds. The van der Waals surface area contributed by atoms with Crippen LogP contribution >= 0.6 is 0 Å². The van der Waals surface area contributed by atoms with Crippen LogP contribution in [0.1, 0.15) is 34.1 Å². The highest BCUT2D eigenvalue weighted by atomic mass is 16.6. The first-order valence-corrected chi connectivity index (χ1v) is 6.56. The predicted molar refractivity (Wildman–Crippen MR) is 71.6 cm³/mol. The number of likely N-dealkylation sites (tertiary alicyclic amines) is 1. The fraction of sp³-hybridized carbons (Fsp3) is 0.692. The minimum Gasteiger partial charge on any atom is -0.480 e. The maximum Gasteiger partial charge on any atom is 0.408 e. The Hall–Kier alpha value is -2.12. The molecule has 1 aliphatic heterocycles. The molecule has 0 bridgehead atoms. The number of amides is 2. The Morgan fingerprint density at radius 3 is 2.43 bits per heavy atom. The Labute approximate surface area is 122 Å². The summed E-state index contributed by atoms with van der Waals surface area (Å²) in [5, 5.41) is 11.3. The molecule has 1 heterocycles. The van der Waals surface area contributed by atoms with Crippen molar-refractivity contribution in [2.45, 2.75) is 51.8 Å². The van der Waals surface area contributed by atoms with Crippen LogP contribution in [-0.2, 0) is 19.1 Å². The van der Waals surface area contributed by atoms with Crippen LogP contribution in [0.25, 0.3) is 0 Å². The van der Waals surface area contributed by atoms with Gasteiger partial charge in [0.25, 0.3) is 0 Å².